The number of hydrogen-bond donors (Lipinski definition) is 17. The summed E-state index contributed by atoms with van der Waals surface area (Å²) in [6.07, 6.45) is 1.40. The van der Waals surface area contributed by atoms with Gasteiger partial charge in [0.1, 0.15) is 41.1 Å². The fourth-order valence-electron chi connectivity index (χ4n) is 7.77. The third-order valence-electron chi connectivity index (χ3n) is 12.0. The highest BCUT2D eigenvalue weighted by Crippen LogP contribution is 2.27. The van der Waals surface area contributed by atoms with Gasteiger partial charge in [0, 0.05) is 35.8 Å². The monoisotopic (exact) mass is 1130 g/mol. The molecule has 0 aliphatic heterocycles. The summed E-state index contributed by atoms with van der Waals surface area (Å²) < 4.78 is 10.6. The van der Waals surface area contributed by atoms with Crippen molar-refractivity contribution in [2.75, 3.05) is 61.7 Å². The average Bonchev–Trinajstić information content (AvgIpc) is 3.45. The molecule has 436 valence electrons. The smallest absolute Gasteiger partial charge is 0.255 e. The van der Waals surface area contributed by atoms with Crippen molar-refractivity contribution in [1.29, 1.82) is 0 Å². The number of ether oxygens (including phenoxy) is 2. The van der Waals surface area contributed by atoms with E-state index in [2.05, 4.69) is 47.2 Å². The number of guanidine groups is 2. The molecule has 0 unspecified atom stereocenters. The van der Waals surface area contributed by atoms with E-state index in [1.54, 1.807) is 0 Å². The minimum atomic E-state index is -1.36. The van der Waals surface area contributed by atoms with Crippen molar-refractivity contribution in [3.8, 4) is 23.0 Å². The van der Waals surface area contributed by atoms with Gasteiger partial charge in [-0.05, 0) is 137 Å². The molecule has 0 heterocycles. The first-order valence-electron chi connectivity index (χ1n) is 25.3. The zero-order valence-electron chi connectivity index (χ0n) is 44.7. The fourth-order valence-corrected chi connectivity index (χ4v) is 7.77. The number of amides is 8. The average molecular weight is 1130 g/mol. The molecule has 0 saturated carbocycles. The Morgan fingerprint density at radius 3 is 1.19 bits per heavy atom. The van der Waals surface area contributed by atoms with E-state index >= 15 is 0 Å². The number of rotatable bonds is 31. The van der Waals surface area contributed by atoms with Gasteiger partial charge < -0.3 is 103 Å². The molecule has 4 rings (SSSR count). The molecular weight excluding hydrogens is 1050 g/mol. The first-order chi connectivity index (χ1) is 38.6. The molecule has 0 spiro atoms. The normalized spacial score (nSPS) is 12.2. The van der Waals surface area contributed by atoms with Gasteiger partial charge in [0.2, 0.25) is 23.6 Å². The van der Waals surface area contributed by atoms with Gasteiger partial charge >= 0.3 is 0 Å². The van der Waals surface area contributed by atoms with Crippen LogP contribution in [-0.4, -0.2) is 134 Å². The molecule has 81 heavy (non-hydrogen) atoms. The highest BCUT2D eigenvalue weighted by atomic mass is 16.5. The van der Waals surface area contributed by atoms with Crippen molar-refractivity contribution in [1.82, 2.24) is 16.0 Å². The van der Waals surface area contributed by atoms with E-state index in [1.165, 1.54) is 74.9 Å². The third kappa shape index (κ3) is 19.9. The van der Waals surface area contributed by atoms with Crippen LogP contribution < -0.4 is 92.6 Å². The molecule has 0 saturated heterocycles. The molecule has 29 heteroatoms. The molecule has 0 fully saturated rings. The van der Waals surface area contributed by atoms with E-state index in [4.69, 9.17) is 55.3 Å². The van der Waals surface area contributed by atoms with Crippen molar-refractivity contribution >= 4 is 81.9 Å². The van der Waals surface area contributed by atoms with Crippen LogP contribution in [0.3, 0.4) is 0 Å². The second kappa shape index (κ2) is 31.6. The standard InChI is InChI=1S/C52H71N17O12/c1-80-41-17-13-29(25-33(41)43(56)72)65-48(77)36(8-4-20-54)69-46(75)34-26-30(14-18-42(34)81-2)66-50(79)38(10-6-22-62-52(59)60)68-45(74)32-24-28(12-16-40(32)71)64-49(78)37(9-5-21-61-51(57)58)67-44(73)31-23-27(11-15-39(31)70)63-47(76)35(55)7-3-19-53/h11-18,23-26,35-38,70-71H,3-10,19-22,53-55H2,1-2H3,(H2,56,72)(H,63,76)(H,64,78)(H,65,77)(H,66,79)(H,67,73)(H,68,74)(H,69,75)(H4,57,58,61)(H4,59,60,62)/t35-,36-,37-,38-/m1/s1. The van der Waals surface area contributed by atoms with Crippen molar-refractivity contribution in [2.24, 2.45) is 55.9 Å². The summed E-state index contributed by atoms with van der Waals surface area (Å²) in [5.41, 5.74) is 44.2. The summed E-state index contributed by atoms with van der Waals surface area (Å²) in [5, 5.41) is 39.9. The van der Waals surface area contributed by atoms with E-state index in [0.29, 0.717) is 25.8 Å². The Morgan fingerprint density at radius 1 is 0.469 bits per heavy atom. The Morgan fingerprint density at radius 2 is 0.802 bits per heavy atom. The van der Waals surface area contributed by atoms with E-state index in [9.17, 15) is 48.6 Å². The highest BCUT2D eigenvalue weighted by Gasteiger charge is 2.28. The maximum Gasteiger partial charge on any atom is 0.255 e. The molecule has 0 bridgehead atoms. The number of aliphatic imine (C=N–C) groups is 2. The molecule has 0 radical (unpaired) electrons. The molecule has 29 nitrogen and oxygen atoms in total. The second-order valence-electron chi connectivity index (χ2n) is 18.1. The van der Waals surface area contributed by atoms with Crippen molar-refractivity contribution < 1.29 is 58.0 Å². The van der Waals surface area contributed by atoms with E-state index in [-0.39, 0.29) is 115 Å². The van der Waals surface area contributed by atoms with Crippen LogP contribution in [0, 0.1) is 0 Å². The number of nitrogens with zero attached hydrogens (tertiary/aromatic N) is 2. The van der Waals surface area contributed by atoms with E-state index in [1.807, 2.05) is 0 Å². The van der Waals surface area contributed by atoms with Gasteiger partial charge in [-0.3, -0.25) is 48.3 Å². The fraction of sp³-hybridized carbons (Fsp3) is 0.346. The summed E-state index contributed by atoms with van der Waals surface area (Å²) in [5.74, 6) is -7.54. The summed E-state index contributed by atoms with van der Waals surface area (Å²) in [6.45, 7) is 0.605. The summed E-state index contributed by atoms with van der Waals surface area (Å²) in [4.78, 5) is 116. The zero-order valence-corrected chi connectivity index (χ0v) is 44.7. The number of phenols is 2. The highest BCUT2D eigenvalue weighted by molar-refractivity contribution is 6.07. The summed E-state index contributed by atoms with van der Waals surface area (Å²) in [7, 11) is 2.65. The molecule has 8 amide bonds. The van der Waals surface area contributed by atoms with Gasteiger partial charge in [0.25, 0.3) is 23.6 Å². The maximum absolute atomic E-state index is 14.1. The van der Waals surface area contributed by atoms with Crippen molar-refractivity contribution in [3.05, 3.63) is 95.1 Å². The molecule has 4 atom stereocenters. The van der Waals surface area contributed by atoms with Crippen LogP contribution in [0.25, 0.3) is 0 Å². The Labute approximate surface area is 465 Å². The van der Waals surface area contributed by atoms with Crippen LogP contribution in [0.1, 0.15) is 92.8 Å². The van der Waals surface area contributed by atoms with Gasteiger partial charge in [0.05, 0.1) is 42.5 Å². The lowest BCUT2D eigenvalue weighted by atomic mass is 10.1. The minimum absolute atomic E-state index is 0.00458. The number of primary amides is 1. The largest absolute Gasteiger partial charge is 0.507 e. The molecule has 4 aromatic carbocycles. The number of methoxy groups -OCH3 is 2. The van der Waals surface area contributed by atoms with Crippen LogP contribution in [0.2, 0.25) is 0 Å². The SMILES string of the molecule is COc1ccc(NC(=O)[C@@H](CCCN)NC(=O)c2cc(NC(=O)[C@@H](CCCN=C(N)N)NC(=O)c3cc(NC(=O)[C@@H](CCCN=C(N)N)NC(=O)c4cc(NC(=O)[C@H](N)CCCN)ccc4O)ccc3O)ccc2OC)cc1C(N)=O. The summed E-state index contributed by atoms with van der Waals surface area (Å²) >= 11 is 0. The van der Waals surface area contributed by atoms with E-state index < -0.39 is 88.5 Å². The Balaban J connectivity index is 1.56. The minimum Gasteiger partial charge on any atom is -0.507 e. The third-order valence-corrected chi connectivity index (χ3v) is 12.0. The van der Waals surface area contributed by atoms with Crippen molar-refractivity contribution in [2.45, 2.75) is 75.5 Å². The molecule has 0 aliphatic rings. The predicted octanol–water partition coefficient (Wildman–Crippen LogP) is -0.724. The molecule has 4 aromatic rings. The van der Waals surface area contributed by atoms with Crippen LogP contribution in [0.15, 0.2) is 82.8 Å². The van der Waals surface area contributed by atoms with Crippen LogP contribution in [0.4, 0.5) is 22.7 Å². The number of nitrogens with two attached hydrogens (primary N) is 8. The molecule has 0 aliphatic carbocycles. The van der Waals surface area contributed by atoms with Gasteiger partial charge in [-0.1, -0.05) is 0 Å². The quantitative estimate of drug-likeness (QED) is 0.0128. The van der Waals surface area contributed by atoms with Crippen LogP contribution >= 0.6 is 0 Å². The number of benzene rings is 4. The number of nitrogens with one attached hydrogen (secondary N) is 7. The van der Waals surface area contributed by atoms with Crippen LogP contribution in [-0.2, 0) is 19.2 Å². The predicted molar refractivity (Wildman–Crippen MR) is 303 cm³/mol. The topological polar surface area (TPSA) is 513 Å². The number of hydrogen-bond acceptors (Lipinski definition) is 17. The number of phenolic OH excluding ortho intramolecular Hbond substituents is 2. The van der Waals surface area contributed by atoms with Gasteiger partial charge in [0.15, 0.2) is 11.9 Å². The lowest BCUT2D eigenvalue weighted by Gasteiger charge is -2.21. The molecular formula is C52H71N17O12. The Bertz CT molecular complexity index is 2970. The molecule has 0 aromatic heterocycles. The lowest BCUT2D eigenvalue weighted by Crippen LogP contribution is -2.44. The van der Waals surface area contributed by atoms with Gasteiger partial charge in [-0.25, -0.2) is 0 Å². The molecule has 25 N–H and O–H groups in total. The second-order valence-corrected chi connectivity index (χ2v) is 18.1. The number of aromatic hydroxyl groups is 2. The Kier molecular flexibility index (Phi) is 24.9. The van der Waals surface area contributed by atoms with Crippen molar-refractivity contribution in [3.63, 3.8) is 0 Å². The van der Waals surface area contributed by atoms with Gasteiger partial charge in [-0.2, -0.15) is 0 Å². The lowest BCUT2D eigenvalue weighted by molar-refractivity contribution is -0.118. The Hall–Kier alpha value is -9.74. The van der Waals surface area contributed by atoms with E-state index in [0.717, 1.165) is 12.1 Å². The summed E-state index contributed by atoms with van der Waals surface area (Å²) in [6, 6.07) is 10.8. The van der Waals surface area contributed by atoms with Gasteiger partial charge in [-0.15, -0.1) is 0 Å². The first-order valence-corrected chi connectivity index (χ1v) is 25.3. The van der Waals surface area contributed by atoms with Crippen LogP contribution in [0.5, 0.6) is 23.0 Å². The zero-order chi connectivity index (χ0) is 59.8. The number of anilines is 4. The first kappa shape index (κ1) is 63.8. The number of carbonyl (C=O) groups is 8. The number of carbonyl (C=O) groups excluding carboxylic acids is 8. The maximum atomic E-state index is 14.1.